The molecule has 1 rings (SSSR count). The van der Waals surface area contributed by atoms with Crippen LogP contribution in [-0.2, 0) is 0 Å². The van der Waals surface area contributed by atoms with Gasteiger partial charge in [-0.3, -0.25) is 0 Å². The van der Waals surface area contributed by atoms with E-state index in [4.69, 9.17) is 11.0 Å². The van der Waals surface area contributed by atoms with Gasteiger partial charge in [-0.15, -0.1) is 0 Å². The van der Waals surface area contributed by atoms with Gasteiger partial charge in [0.2, 0.25) is 0 Å². The number of hydrogen-bond donors (Lipinski definition) is 1. The molecule has 0 bridgehead atoms. The second-order valence-corrected chi connectivity index (χ2v) is 5.07. The monoisotopic (exact) mass is 281 g/mol. The standard InChI is InChI=1S/C13H23N5S/c1-4-17(5-2)8-7-9-18(6-3)13-11(10-14)12(15)16-19-13/h4-9H2,1-3H3,(H2,15,16). The molecule has 0 amide bonds. The molecule has 0 fully saturated rings. The smallest absolute Gasteiger partial charge is 0.157 e. The molecule has 0 saturated carbocycles. The second kappa shape index (κ2) is 7.97. The Hall–Kier alpha value is -1.32. The maximum Gasteiger partial charge on any atom is 0.157 e. The molecule has 1 aromatic rings. The van der Waals surface area contributed by atoms with Crippen molar-refractivity contribution in [3.63, 3.8) is 0 Å². The highest BCUT2D eigenvalue weighted by Gasteiger charge is 2.16. The molecule has 0 saturated heterocycles. The summed E-state index contributed by atoms with van der Waals surface area (Å²) in [5, 5.41) is 10.0. The van der Waals surface area contributed by atoms with Gasteiger partial charge >= 0.3 is 0 Å². The van der Waals surface area contributed by atoms with Crippen molar-refractivity contribution in [3.05, 3.63) is 5.56 Å². The third kappa shape index (κ3) is 4.08. The van der Waals surface area contributed by atoms with Gasteiger partial charge in [-0.1, -0.05) is 13.8 Å². The molecule has 5 nitrogen and oxygen atoms in total. The van der Waals surface area contributed by atoms with E-state index in [0.29, 0.717) is 11.4 Å². The maximum atomic E-state index is 9.12. The van der Waals surface area contributed by atoms with Crippen LogP contribution in [0.2, 0.25) is 0 Å². The number of nitrogens with two attached hydrogens (primary N) is 1. The van der Waals surface area contributed by atoms with Crippen molar-refractivity contribution in [1.29, 1.82) is 5.26 Å². The zero-order valence-corrected chi connectivity index (χ0v) is 12.8. The Kier molecular flexibility index (Phi) is 6.60. The van der Waals surface area contributed by atoms with Crippen LogP contribution >= 0.6 is 11.5 Å². The zero-order chi connectivity index (χ0) is 14.3. The first-order valence-corrected chi connectivity index (χ1v) is 7.57. The van der Waals surface area contributed by atoms with E-state index in [2.05, 4.69) is 41.0 Å². The molecule has 0 spiro atoms. The number of rotatable bonds is 8. The molecule has 0 aliphatic rings. The summed E-state index contributed by atoms with van der Waals surface area (Å²) < 4.78 is 4.08. The van der Waals surface area contributed by atoms with Crippen molar-refractivity contribution in [1.82, 2.24) is 9.27 Å². The molecule has 2 N–H and O–H groups in total. The SMILES string of the molecule is CCN(CC)CCCN(CC)c1snc(N)c1C#N. The molecule has 1 heterocycles. The first-order valence-electron chi connectivity index (χ1n) is 6.80. The van der Waals surface area contributed by atoms with Crippen molar-refractivity contribution in [2.75, 3.05) is 43.4 Å². The number of nitrogen functional groups attached to an aromatic ring is 1. The first-order chi connectivity index (χ1) is 9.17. The summed E-state index contributed by atoms with van der Waals surface area (Å²) >= 11 is 1.32. The van der Waals surface area contributed by atoms with Crippen LogP contribution in [0.1, 0.15) is 32.8 Å². The molecule has 19 heavy (non-hydrogen) atoms. The van der Waals surface area contributed by atoms with Crippen molar-refractivity contribution in [2.45, 2.75) is 27.2 Å². The predicted molar refractivity (Wildman–Crippen MR) is 81.5 cm³/mol. The molecule has 0 aromatic carbocycles. The quantitative estimate of drug-likeness (QED) is 0.790. The molecule has 106 valence electrons. The molecule has 6 heteroatoms. The predicted octanol–water partition coefficient (Wildman–Crippen LogP) is 2.16. The van der Waals surface area contributed by atoms with E-state index in [1.54, 1.807) is 0 Å². The Labute approximate surface area is 119 Å². The fourth-order valence-corrected chi connectivity index (χ4v) is 2.90. The molecule has 0 aliphatic carbocycles. The van der Waals surface area contributed by atoms with Crippen LogP contribution in [0, 0.1) is 11.3 Å². The van der Waals surface area contributed by atoms with Crippen LogP contribution in [-0.4, -0.2) is 42.0 Å². The minimum atomic E-state index is 0.352. The molecule has 0 unspecified atom stereocenters. The van der Waals surface area contributed by atoms with E-state index in [9.17, 15) is 0 Å². The van der Waals surface area contributed by atoms with Gasteiger partial charge in [0.05, 0.1) is 0 Å². The summed E-state index contributed by atoms with van der Waals surface area (Å²) in [5.41, 5.74) is 6.23. The number of nitriles is 1. The summed E-state index contributed by atoms with van der Waals surface area (Å²) in [4.78, 5) is 4.59. The van der Waals surface area contributed by atoms with Gasteiger partial charge in [-0.05, 0) is 44.5 Å². The lowest BCUT2D eigenvalue weighted by Gasteiger charge is -2.23. The summed E-state index contributed by atoms with van der Waals surface area (Å²) in [7, 11) is 0. The maximum absolute atomic E-state index is 9.12. The van der Waals surface area contributed by atoms with Crippen LogP contribution in [0.3, 0.4) is 0 Å². The van der Waals surface area contributed by atoms with Crippen molar-refractivity contribution in [3.8, 4) is 6.07 Å². The Balaban J connectivity index is 2.61. The molecule has 0 atom stereocenters. The normalized spacial score (nSPS) is 10.7. The van der Waals surface area contributed by atoms with E-state index in [1.807, 2.05) is 0 Å². The lowest BCUT2D eigenvalue weighted by molar-refractivity contribution is 0.301. The van der Waals surface area contributed by atoms with Crippen LogP contribution < -0.4 is 10.6 Å². The van der Waals surface area contributed by atoms with E-state index in [0.717, 1.165) is 44.1 Å². The van der Waals surface area contributed by atoms with E-state index >= 15 is 0 Å². The van der Waals surface area contributed by atoms with Gasteiger partial charge in [0.1, 0.15) is 16.6 Å². The van der Waals surface area contributed by atoms with Gasteiger partial charge in [0.15, 0.2) is 5.82 Å². The highest BCUT2D eigenvalue weighted by Crippen LogP contribution is 2.29. The largest absolute Gasteiger partial charge is 0.382 e. The minimum Gasteiger partial charge on any atom is -0.382 e. The number of hydrogen-bond acceptors (Lipinski definition) is 6. The van der Waals surface area contributed by atoms with Crippen LogP contribution in [0.4, 0.5) is 10.8 Å². The Morgan fingerprint density at radius 2 is 1.89 bits per heavy atom. The molecule has 0 aliphatic heterocycles. The molecular weight excluding hydrogens is 258 g/mol. The van der Waals surface area contributed by atoms with Gasteiger partial charge in [-0.2, -0.15) is 9.64 Å². The van der Waals surface area contributed by atoms with E-state index in [1.165, 1.54) is 11.5 Å². The summed E-state index contributed by atoms with van der Waals surface area (Å²) in [5.74, 6) is 0.352. The Bertz CT molecular complexity index is 419. The lowest BCUT2D eigenvalue weighted by atomic mass is 10.3. The van der Waals surface area contributed by atoms with Gasteiger partial charge in [0.25, 0.3) is 0 Å². The summed E-state index contributed by atoms with van der Waals surface area (Å²) in [6.07, 6.45) is 1.08. The highest BCUT2D eigenvalue weighted by molar-refractivity contribution is 7.10. The van der Waals surface area contributed by atoms with Crippen molar-refractivity contribution < 1.29 is 0 Å². The lowest BCUT2D eigenvalue weighted by Crippen LogP contribution is -2.29. The molecule has 1 aromatic heterocycles. The van der Waals surface area contributed by atoms with E-state index < -0.39 is 0 Å². The molecule has 0 radical (unpaired) electrons. The minimum absolute atomic E-state index is 0.352. The van der Waals surface area contributed by atoms with Crippen LogP contribution in [0.25, 0.3) is 0 Å². The number of aromatic nitrogens is 1. The van der Waals surface area contributed by atoms with Crippen molar-refractivity contribution >= 4 is 22.4 Å². The summed E-state index contributed by atoms with van der Waals surface area (Å²) in [6, 6.07) is 2.15. The van der Waals surface area contributed by atoms with Crippen LogP contribution in [0.5, 0.6) is 0 Å². The van der Waals surface area contributed by atoms with Crippen molar-refractivity contribution in [2.24, 2.45) is 0 Å². The topological polar surface area (TPSA) is 69.2 Å². The average Bonchev–Trinajstić information content (AvgIpc) is 2.80. The van der Waals surface area contributed by atoms with Gasteiger partial charge in [0, 0.05) is 13.1 Å². The molecular formula is C13H23N5S. The van der Waals surface area contributed by atoms with E-state index in [-0.39, 0.29) is 0 Å². The summed E-state index contributed by atoms with van der Waals surface area (Å²) in [6.45, 7) is 11.5. The second-order valence-electron chi connectivity index (χ2n) is 4.32. The van der Waals surface area contributed by atoms with Crippen LogP contribution in [0.15, 0.2) is 0 Å². The highest BCUT2D eigenvalue weighted by atomic mass is 32.1. The number of anilines is 2. The zero-order valence-electron chi connectivity index (χ0n) is 12.0. The fourth-order valence-electron chi connectivity index (χ4n) is 2.04. The number of nitrogens with zero attached hydrogens (tertiary/aromatic N) is 4. The third-order valence-corrected chi connectivity index (χ3v) is 4.20. The van der Waals surface area contributed by atoms with Gasteiger partial charge < -0.3 is 15.5 Å². The first kappa shape index (κ1) is 15.7. The fraction of sp³-hybridized carbons (Fsp3) is 0.692. The Morgan fingerprint density at radius 3 is 2.42 bits per heavy atom. The third-order valence-electron chi connectivity index (χ3n) is 3.28. The Morgan fingerprint density at radius 1 is 1.21 bits per heavy atom. The van der Waals surface area contributed by atoms with Gasteiger partial charge in [-0.25, -0.2) is 0 Å². The average molecular weight is 281 g/mol.